The second-order valence-electron chi connectivity index (χ2n) is 8.11. The van der Waals surface area contributed by atoms with E-state index in [4.69, 9.17) is 13.9 Å². The molecule has 0 aliphatic carbocycles. The molecule has 0 unspecified atom stereocenters. The molecule has 7 heteroatoms. The van der Waals surface area contributed by atoms with Crippen molar-refractivity contribution in [3.8, 4) is 28.4 Å². The molecule has 0 amide bonds. The molecule has 7 nitrogen and oxygen atoms in total. The molecule has 4 rings (SSSR count). The number of aryl methyl sites for hydroxylation is 1. The predicted octanol–water partition coefficient (Wildman–Crippen LogP) is 3.63. The summed E-state index contributed by atoms with van der Waals surface area (Å²) in [5, 5.41) is 11.4. The van der Waals surface area contributed by atoms with Crippen LogP contribution in [0.15, 0.2) is 39.5 Å². The number of methoxy groups -OCH3 is 2. The lowest BCUT2D eigenvalue weighted by Crippen LogP contribution is -2.45. The van der Waals surface area contributed by atoms with Crippen LogP contribution in [0.5, 0.6) is 17.2 Å². The highest BCUT2D eigenvalue weighted by Gasteiger charge is 2.22. The summed E-state index contributed by atoms with van der Waals surface area (Å²) in [7, 11) is 3.13. The molecular formula is C25H30N2O5. The van der Waals surface area contributed by atoms with Gasteiger partial charge >= 0.3 is 5.63 Å². The van der Waals surface area contributed by atoms with E-state index in [0.29, 0.717) is 40.3 Å². The Bertz CT molecular complexity index is 1180. The number of phenols is 1. The van der Waals surface area contributed by atoms with E-state index in [-0.39, 0.29) is 5.75 Å². The van der Waals surface area contributed by atoms with Crippen molar-refractivity contribution >= 4 is 11.0 Å². The van der Waals surface area contributed by atoms with E-state index in [1.54, 1.807) is 32.4 Å². The van der Waals surface area contributed by atoms with E-state index in [0.717, 1.165) is 43.7 Å². The van der Waals surface area contributed by atoms with Crippen LogP contribution >= 0.6 is 0 Å². The van der Waals surface area contributed by atoms with Gasteiger partial charge in [0.05, 0.1) is 25.3 Å². The van der Waals surface area contributed by atoms with E-state index >= 15 is 0 Å². The highest BCUT2D eigenvalue weighted by Crippen LogP contribution is 2.36. The zero-order chi connectivity index (χ0) is 22.8. The SMILES string of the molecule is CCN1CCN(Cc2c(O)ccc3c(C)c(-c4ccc(OC)c(OC)c4)c(=O)oc23)CC1. The van der Waals surface area contributed by atoms with Crippen LogP contribution in [0.4, 0.5) is 0 Å². The number of hydrogen-bond donors (Lipinski definition) is 1. The van der Waals surface area contributed by atoms with Crippen molar-refractivity contribution in [3.63, 3.8) is 0 Å². The number of ether oxygens (including phenoxy) is 2. The monoisotopic (exact) mass is 438 g/mol. The highest BCUT2D eigenvalue weighted by atomic mass is 16.5. The van der Waals surface area contributed by atoms with Crippen molar-refractivity contribution in [2.45, 2.75) is 20.4 Å². The van der Waals surface area contributed by atoms with E-state index in [2.05, 4.69) is 16.7 Å². The molecule has 3 aromatic rings. The fraction of sp³-hybridized carbons (Fsp3) is 0.400. The van der Waals surface area contributed by atoms with Crippen LogP contribution in [-0.4, -0.2) is 61.8 Å². The average Bonchev–Trinajstić information content (AvgIpc) is 2.81. The molecule has 1 aliphatic heterocycles. The Labute approximate surface area is 187 Å². The lowest BCUT2D eigenvalue weighted by molar-refractivity contribution is 0.131. The smallest absolute Gasteiger partial charge is 0.344 e. The van der Waals surface area contributed by atoms with Crippen molar-refractivity contribution in [3.05, 3.63) is 51.9 Å². The van der Waals surface area contributed by atoms with Crippen molar-refractivity contribution in [1.82, 2.24) is 9.80 Å². The molecular weight excluding hydrogens is 408 g/mol. The summed E-state index contributed by atoms with van der Waals surface area (Å²) < 4.78 is 16.5. The lowest BCUT2D eigenvalue weighted by Gasteiger charge is -2.34. The third-order valence-electron chi connectivity index (χ3n) is 6.38. The molecule has 0 bridgehead atoms. The second-order valence-corrected chi connectivity index (χ2v) is 8.11. The zero-order valence-electron chi connectivity index (χ0n) is 19.1. The van der Waals surface area contributed by atoms with Gasteiger partial charge in [0.1, 0.15) is 11.3 Å². The minimum atomic E-state index is -0.440. The van der Waals surface area contributed by atoms with Gasteiger partial charge in [0.2, 0.25) is 0 Å². The Morgan fingerprint density at radius 1 is 1.00 bits per heavy atom. The number of fused-ring (bicyclic) bond motifs is 1. The van der Waals surface area contributed by atoms with Gasteiger partial charge in [-0.3, -0.25) is 4.90 Å². The van der Waals surface area contributed by atoms with Gasteiger partial charge in [-0.2, -0.15) is 0 Å². The van der Waals surface area contributed by atoms with Gasteiger partial charge in [-0.05, 0) is 48.9 Å². The summed E-state index contributed by atoms with van der Waals surface area (Å²) in [4.78, 5) is 17.8. The summed E-state index contributed by atoms with van der Waals surface area (Å²) in [6, 6.07) is 8.87. The first kappa shape index (κ1) is 22.2. The number of rotatable bonds is 6. The zero-order valence-corrected chi connectivity index (χ0v) is 19.1. The minimum Gasteiger partial charge on any atom is -0.507 e. The van der Waals surface area contributed by atoms with Crippen molar-refractivity contribution in [1.29, 1.82) is 0 Å². The highest BCUT2D eigenvalue weighted by molar-refractivity contribution is 5.90. The number of benzene rings is 2. The molecule has 0 radical (unpaired) electrons. The minimum absolute atomic E-state index is 0.150. The summed E-state index contributed by atoms with van der Waals surface area (Å²) in [6.07, 6.45) is 0. The molecule has 0 atom stereocenters. The van der Waals surface area contributed by atoms with E-state index in [9.17, 15) is 9.90 Å². The first-order valence-electron chi connectivity index (χ1n) is 10.9. The van der Waals surface area contributed by atoms with Gasteiger partial charge in [0.15, 0.2) is 11.5 Å². The van der Waals surface area contributed by atoms with Crippen LogP contribution in [0.25, 0.3) is 22.1 Å². The van der Waals surface area contributed by atoms with Gasteiger partial charge in [-0.15, -0.1) is 0 Å². The Morgan fingerprint density at radius 3 is 2.34 bits per heavy atom. The average molecular weight is 439 g/mol. The lowest BCUT2D eigenvalue weighted by atomic mass is 9.97. The summed E-state index contributed by atoms with van der Waals surface area (Å²) in [5.41, 5.74) is 2.65. The fourth-order valence-corrected chi connectivity index (χ4v) is 4.43. The molecule has 1 saturated heterocycles. The largest absolute Gasteiger partial charge is 0.507 e. The second kappa shape index (κ2) is 9.22. The Balaban J connectivity index is 1.77. The standard InChI is InChI=1S/C25H30N2O5/c1-5-26-10-12-27(13-11-26)15-19-20(28)8-7-18-16(2)23(25(29)32-24(18)19)17-6-9-21(30-3)22(14-17)31-4/h6-9,14,28H,5,10-13,15H2,1-4H3. The molecule has 2 aromatic carbocycles. The van der Waals surface area contributed by atoms with Gasteiger partial charge in [0, 0.05) is 38.1 Å². The van der Waals surface area contributed by atoms with Crippen LogP contribution in [0.3, 0.4) is 0 Å². The van der Waals surface area contributed by atoms with Crippen LogP contribution in [-0.2, 0) is 6.54 Å². The van der Waals surface area contributed by atoms with Crippen LogP contribution in [0.2, 0.25) is 0 Å². The molecule has 0 saturated carbocycles. The maximum Gasteiger partial charge on any atom is 0.344 e. The van der Waals surface area contributed by atoms with E-state index < -0.39 is 5.63 Å². The summed E-state index contributed by atoms with van der Waals surface area (Å²) in [5.74, 6) is 1.29. The molecule has 1 fully saturated rings. The molecule has 1 aromatic heterocycles. The number of phenolic OH excluding ortho intramolecular Hbond substituents is 1. The molecule has 170 valence electrons. The Morgan fingerprint density at radius 2 is 1.69 bits per heavy atom. The van der Waals surface area contributed by atoms with Gasteiger partial charge in [-0.25, -0.2) is 4.79 Å². The van der Waals surface area contributed by atoms with E-state index in [1.165, 1.54) is 0 Å². The maximum atomic E-state index is 13.1. The first-order valence-corrected chi connectivity index (χ1v) is 10.9. The molecule has 0 spiro atoms. The third-order valence-corrected chi connectivity index (χ3v) is 6.38. The number of piperazine rings is 1. The van der Waals surface area contributed by atoms with Crippen LogP contribution in [0.1, 0.15) is 18.1 Å². The maximum absolute atomic E-state index is 13.1. The summed E-state index contributed by atoms with van der Waals surface area (Å²) in [6.45, 7) is 9.47. The van der Waals surface area contributed by atoms with Gasteiger partial charge in [-0.1, -0.05) is 13.0 Å². The number of hydrogen-bond acceptors (Lipinski definition) is 7. The molecule has 1 N–H and O–H groups in total. The first-order chi connectivity index (χ1) is 15.5. The van der Waals surface area contributed by atoms with Crippen LogP contribution in [0, 0.1) is 6.92 Å². The fourth-order valence-electron chi connectivity index (χ4n) is 4.43. The van der Waals surface area contributed by atoms with Gasteiger partial charge in [0.25, 0.3) is 0 Å². The van der Waals surface area contributed by atoms with E-state index in [1.807, 2.05) is 19.1 Å². The predicted molar refractivity (Wildman–Crippen MR) is 125 cm³/mol. The van der Waals surface area contributed by atoms with Crippen molar-refractivity contribution in [2.24, 2.45) is 0 Å². The topological polar surface area (TPSA) is 75.4 Å². The quantitative estimate of drug-likeness (QED) is 0.589. The van der Waals surface area contributed by atoms with Crippen molar-refractivity contribution in [2.75, 3.05) is 46.9 Å². The van der Waals surface area contributed by atoms with Crippen molar-refractivity contribution < 1.29 is 19.0 Å². The van der Waals surface area contributed by atoms with Crippen LogP contribution < -0.4 is 15.1 Å². The third kappa shape index (κ3) is 4.06. The Kier molecular flexibility index (Phi) is 6.39. The number of likely N-dealkylation sites (N-methyl/N-ethyl adjacent to an activating group) is 1. The molecule has 1 aliphatic rings. The Hall–Kier alpha value is -3.03. The number of aromatic hydroxyl groups is 1. The number of nitrogens with zero attached hydrogens (tertiary/aromatic N) is 2. The molecule has 2 heterocycles. The summed E-state index contributed by atoms with van der Waals surface area (Å²) >= 11 is 0. The molecule has 32 heavy (non-hydrogen) atoms. The van der Waals surface area contributed by atoms with Gasteiger partial charge < -0.3 is 23.9 Å². The normalized spacial score (nSPS) is 15.2.